The molecule has 0 radical (unpaired) electrons. The van der Waals surface area contributed by atoms with Gasteiger partial charge in [0.05, 0.1) is 10.9 Å². The molecule has 1 aliphatic heterocycles. The summed E-state index contributed by atoms with van der Waals surface area (Å²) in [5, 5.41) is 2.61. The largest absolute Gasteiger partial charge is 0.399 e. The van der Waals surface area contributed by atoms with Crippen molar-refractivity contribution in [3.8, 4) is 0 Å². The summed E-state index contributed by atoms with van der Waals surface area (Å²) in [6, 6.07) is 5.16. The van der Waals surface area contributed by atoms with E-state index in [1.807, 2.05) is 0 Å². The fraction of sp³-hybridized carbons (Fsp3) is 0.385. The Morgan fingerprint density at radius 1 is 1.26 bits per heavy atom. The Hall–Kier alpha value is -2.08. The molecule has 6 heteroatoms. The topological polar surface area (TPSA) is 87.0 Å². The summed E-state index contributed by atoms with van der Waals surface area (Å²) < 4.78 is 0. The van der Waals surface area contributed by atoms with Gasteiger partial charge in [0.25, 0.3) is 5.56 Å². The van der Waals surface area contributed by atoms with Gasteiger partial charge in [-0.25, -0.2) is 9.99 Å². The number of nitrogen functional groups attached to an aromatic ring is 1. The van der Waals surface area contributed by atoms with Gasteiger partial charge in [-0.05, 0) is 31.0 Å². The van der Waals surface area contributed by atoms with Gasteiger partial charge in [0, 0.05) is 18.8 Å². The minimum Gasteiger partial charge on any atom is -0.399 e. The Labute approximate surface area is 110 Å². The SMILES string of the molecule is Nc1ccc2nc(NN3CCCCC3)[nH]c(=O)c2c1. The Kier molecular flexibility index (Phi) is 3.08. The molecular formula is C13H17N5O. The lowest BCUT2D eigenvalue weighted by atomic mass is 10.2. The van der Waals surface area contributed by atoms with Gasteiger partial charge < -0.3 is 5.73 Å². The number of aromatic nitrogens is 2. The summed E-state index contributed by atoms with van der Waals surface area (Å²) in [6.07, 6.45) is 3.60. The van der Waals surface area contributed by atoms with Crippen LogP contribution in [-0.2, 0) is 0 Å². The second-order valence-corrected chi connectivity index (χ2v) is 4.85. The van der Waals surface area contributed by atoms with Gasteiger partial charge in [0.15, 0.2) is 0 Å². The summed E-state index contributed by atoms with van der Waals surface area (Å²) in [5.41, 5.74) is 9.89. The Balaban J connectivity index is 1.92. The van der Waals surface area contributed by atoms with Crippen molar-refractivity contribution >= 4 is 22.5 Å². The quantitative estimate of drug-likeness (QED) is 0.708. The molecule has 19 heavy (non-hydrogen) atoms. The molecule has 0 atom stereocenters. The zero-order valence-electron chi connectivity index (χ0n) is 10.6. The number of aromatic amines is 1. The fourth-order valence-electron chi connectivity index (χ4n) is 2.36. The van der Waals surface area contributed by atoms with Crippen molar-refractivity contribution in [3.05, 3.63) is 28.6 Å². The van der Waals surface area contributed by atoms with Crippen LogP contribution >= 0.6 is 0 Å². The lowest BCUT2D eigenvalue weighted by Gasteiger charge is -2.26. The lowest BCUT2D eigenvalue weighted by molar-refractivity contribution is 0.271. The van der Waals surface area contributed by atoms with Crippen LogP contribution < -0.4 is 16.7 Å². The minimum atomic E-state index is -0.170. The second kappa shape index (κ2) is 4.89. The molecule has 0 unspecified atom stereocenters. The van der Waals surface area contributed by atoms with Crippen molar-refractivity contribution in [1.82, 2.24) is 15.0 Å². The van der Waals surface area contributed by atoms with E-state index in [1.165, 1.54) is 19.3 Å². The van der Waals surface area contributed by atoms with E-state index in [2.05, 4.69) is 20.4 Å². The maximum Gasteiger partial charge on any atom is 0.260 e. The Morgan fingerprint density at radius 2 is 2.05 bits per heavy atom. The van der Waals surface area contributed by atoms with E-state index in [9.17, 15) is 4.79 Å². The van der Waals surface area contributed by atoms with Crippen LogP contribution in [0.2, 0.25) is 0 Å². The summed E-state index contributed by atoms with van der Waals surface area (Å²) in [4.78, 5) is 19.1. The van der Waals surface area contributed by atoms with Gasteiger partial charge >= 0.3 is 0 Å². The molecule has 0 aliphatic carbocycles. The number of nitrogens with two attached hydrogens (primary N) is 1. The number of nitrogens with one attached hydrogen (secondary N) is 2. The molecule has 2 aromatic rings. The van der Waals surface area contributed by atoms with Crippen molar-refractivity contribution in [2.75, 3.05) is 24.2 Å². The molecule has 1 aromatic carbocycles. The molecule has 3 rings (SSSR count). The number of hydrogen-bond acceptors (Lipinski definition) is 5. The van der Waals surface area contributed by atoms with Gasteiger partial charge in [0.2, 0.25) is 5.95 Å². The first kappa shape index (κ1) is 12.0. The zero-order valence-corrected chi connectivity index (χ0v) is 10.6. The molecule has 1 fully saturated rings. The highest BCUT2D eigenvalue weighted by atomic mass is 16.1. The molecule has 2 heterocycles. The highest BCUT2D eigenvalue weighted by Crippen LogP contribution is 2.14. The van der Waals surface area contributed by atoms with Crippen molar-refractivity contribution < 1.29 is 0 Å². The highest BCUT2D eigenvalue weighted by molar-refractivity contribution is 5.81. The molecule has 100 valence electrons. The predicted molar refractivity (Wildman–Crippen MR) is 75.8 cm³/mol. The van der Waals surface area contributed by atoms with Crippen LogP contribution in [0.3, 0.4) is 0 Å². The number of fused-ring (bicyclic) bond motifs is 1. The van der Waals surface area contributed by atoms with Crippen LogP contribution in [0.25, 0.3) is 10.9 Å². The summed E-state index contributed by atoms with van der Waals surface area (Å²) in [6.45, 7) is 1.95. The molecule has 0 spiro atoms. The summed E-state index contributed by atoms with van der Waals surface area (Å²) >= 11 is 0. The van der Waals surface area contributed by atoms with Crippen LogP contribution in [0.5, 0.6) is 0 Å². The maximum absolute atomic E-state index is 12.0. The molecule has 1 saturated heterocycles. The van der Waals surface area contributed by atoms with E-state index in [4.69, 9.17) is 5.73 Å². The normalized spacial score (nSPS) is 16.6. The van der Waals surface area contributed by atoms with Crippen LogP contribution in [0.15, 0.2) is 23.0 Å². The van der Waals surface area contributed by atoms with Gasteiger partial charge in [0.1, 0.15) is 0 Å². The average Bonchev–Trinajstić information content (AvgIpc) is 2.41. The van der Waals surface area contributed by atoms with Gasteiger partial charge in [-0.1, -0.05) is 6.42 Å². The number of benzene rings is 1. The first-order valence-electron chi connectivity index (χ1n) is 6.53. The van der Waals surface area contributed by atoms with Crippen molar-refractivity contribution in [1.29, 1.82) is 0 Å². The maximum atomic E-state index is 12.0. The van der Waals surface area contributed by atoms with Crippen molar-refractivity contribution in [3.63, 3.8) is 0 Å². The predicted octanol–water partition coefficient (Wildman–Crippen LogP) is 1.32. The first-order chi connectivity index (χ1) is 9.22. The van der Waals surface area contributed by atoms with Crippen LogP contribution in [-0.4, -0.2) is 28.1 Å². The van der Waals surface area contributed by atoms with Crippen LogP contribution in [0.1, 0.15) is 19.3 Å². The number of hydrazine groups is 1. The van der Waals surface area contributed by atoms with E-state index in [-0.39, 0.29) is 5.56 Å². The van der Waals surface area contributed by atoms with Gasteiger partial charge in [-0.3, -0.25) is 15.2 Å². The first-order valence-corrected chi connectivity index (χ1v) is 6.53. The molecule has 4 N–H and O–H groups in total. The average molecular weight is 259 g/mol. The standard InChI is InChI=1S/C13H17N5O/c14-9-4-5-11-10(8-9)12(19)16-13(15-11)17-18-6-2-1-3-7-18/h4-5,8H,1-3,6-7,14H2,(H2,15,16,17,19). The third-order valence-corrected chi connectivity index (χ3v) is 3.35. The molecule has 0 bridgehead atoms. The smallest absolute Gasteiger partial charge is 0.260 e. The van der Waals surface area contributed by atoms with E-state index in [0.717, 1.165) is 13.1 Å². The number of anilines is 2. The monoisotopic (exact) mass is 259 g/mol. The molecule has 0 amide bonds. The summed E-state index contributed by atoms with van der Waals surface area (Å²) in [7, 11) is 0. The number of hydrogen-bond donors (Lipinski definition) is 3. The fourth-order valence-corrected chi connectivity index (χ4v) is 2.36. The van der Waals surface area contributed by atoms with Crippen LogP contribution in [0, 0.1) is 0 Å². The number of nitrogens with zero attached hydrogens (tertiary/aromatic N) is 2. The van der Waals surface area contributed by atoms with Gasteiger partial charge in [-0.15, -0.1) is 0 Å². The Morgan fingerprint density at radius 3 is 2.84 bits per heavy atom. The minimum absolute atomic E-state index is 0.170. The van der Waals surface area contributed by atoms with Crippen molar-refractivity contribution in [2.24, 2.45) is 0 Å². The number of piperidine rings is 1. The van der Waals surface area contributed by atoms with E-state index < -0.39 is 0 Å². The van der Waals surface area contributed by atoms with E-state index in [0.29, 0.717) is 22.5 Å². The number of rotatable bonds is 2. The van der Waals surface area contributed by atoms with Crippen LogP contribution in [0.4, 0.5) is 11.6 Å². The third kappa shape index (κ3) is 2.53. The highest BCUT2D eigenvalue weighted by Gasteiger charge is 2.11. The molecule has 6 nitrogen and oxygen atoms in total. The molecular weight excluding hydrogens is 242 g/mol. The second-order valence-electron chi connectivity index (χ2n) is 4.85. The van der Waals surface area contributed by atoms with Gasteiger partial charge in [-0.2, -0.15) is 0 Å². The zero-order chi connectivity index (χ0) is 13.2. The lowest BCUT2D eigenvalue weighted by Crippen LogP contribution is -2.36. The molecule has 1 aliphatic rings. The van der Waals surface area contributed by atoms with E-state index in [1.54, 1.807) is 18.2 Å². The van der Waals surface area contributed by atoms with E-state index >= 15 is 0 Å². The Bertz CT molecular complexity index is 645. The number of H-pyrrole nitrogens is 1. The third-order valence-electron chi connectivity index (χ3n) is 3.35. The van der Waals surface area contributed by atoms with Crippen molar-refractivity contribution in [2.45, 2.75) is 19.3 Å². The molecule has 0 saturated carbocycles. The molecule has 1 aromatic heterocycles. The summed E-state index contributed by atoms with van der Waals surface area (Å²) in [5.74, 6) is 0.490.